The van der Waals surface area contributed by atoms with Gasteiger partial charge in [-0.05, 0) is 31.6 Å². The molecule has 0 unspecified atom stereocenters. The molecule has 1 heterocycles. The van der Waals surface area contributed by atoms with Crippen molar-refractivity contribution in [3.05, 3.63) is 0 Å². The Balaban J connectivity index is 1.80. The van der Waals surface area contributed by atoms with Crippen LogP contribution in [0.2, 0.25) is 0 Å². The zero-order valence-corrected chi connectivity index (χ0v) is 8.85. The Morgan fingerprint density at radius 1 is 1.25 bits per heavy atom. The van der Waals surface area contributed by atoms with Crippen molar-refractivity contribution in [2.75, 3.05) is 6.61 Å². The number of hydrogen-bond acceptors (Lipinski definition) is 1. The Bertz CT molecular complexity index is 200. The highest BCUT2D eigenvalue weighted by Gasteiger charge is 2.64. The Hall–Kier alpha value is 0.440. The second-order valence-corrected chi connectivity index (χ2v) is 5.57. The number of ether oxygens (including phenoxy) is 1. The minimum absolute atomic E-state index is 0.588. The van der Waals surface area contributed by atoms with E-state index < -0.39 is 0 Å². The van der Waals surface area contributed by atoms with Crippen LogP contribution in [0.25, 0.3) is 0 Å². The van der Waals surface area contributed by atoms with Gasteiger partial charge in [-0.1, -0.05) is 22.4 Å². The zero-order chi connectivity index (χ0) is 8.18. The molecule has 1 saturated heterocycles. The SMILES string of the molecule is Br[C@@H]1[C@@H]2CCCO[C@@H]2C12CCC2. The maximum absolute atomic E-state index is 5.88. The molecule has 0 aromatic heterocycles. The fourth-order valence-electron chi connectivity index (χ4n) is 3.31. The second kappa shape index (κ2) is 2.48. The molecule has 0 N–H and O–H groups in total. The average Bonchev–Trinajstić information content (AvgIpc) is 2.01. The molecular formula is C10H15BrO. The van der Waals surface area contributed by atoms with Gasteiger partial charge in [-0.3, -0.25) is 0 Å². The first-order valence-corrected chi connectivity index (χ1v) is 6.02. The van der Waals surface area contributed by atoms with Gasteiger partial charge in [0.2, 0.25) is 0 Å². The maximum atomic E-state index is 5.88. The van der Waals surface area contributed by atoms with E-state index in [1.165, 1.54) is 32.1 Å². The summed E-state index contributed by atoms with van der Waals surface area (Å²) in [6.07, 6.45) is 7.54. The number of fused-ring (bicyclic) bond motifs is 2. The molecule has 0 aromatic rings. The van der Waals surface area contributed by atoms with Gasteiger partial charge in [-0.25, -0.2) is 0 Å². The minimum Gasteiger partial charge on any atom is -0.377 e. The monoisotopic (exact) mass is 230 g/mol. The first-order valence-electron chi connectivity index (χ1n) is 5.10. The summed E-state index contributed by atoms with van der Waals surface area (Å²) in [5.74, 6) is 0.846. The first-order chi connectivity index (χ1) is 5.84. The molecule has 0 amide bonds. The normalized spacial score (nSPS) is 49.2. The fourth-order valence-corrected chi connectivity index (χ4v) is 4.57. The first kappa shape index (κ1) is 7.81. The molecule has 0 aromatic carbocycles. The fraction of sp³-hybridized carbons (Fsp3) is 1.00. The van der Waals surface area contributed by atoms with Crippen molar-refractivity contribution >= 4 is 15.9 Å². The smallest absolute Gasteiger partial charge is 0.0681 e. The van der Waals surface area contributed by atoms with Gasteiger partial charge < -0.3 is 4.74 Å². The Kier molecular flexibility index (Phi) is 1.61. The average molecular weight is 231 g/mol. The third-order valence-corrected chi connectivity index (χ3v) is 5.74. The van der Waals surface area contributed by atoms with Crippen LogP contribution in [0.5, 0.6) is 0 Å². The van der Waals surface area contributed by atoms with Gasteiger partial charge in [-0.15, -0.1) is 0 Å². The van der Waals surface area contributed by atoms with E-state index in [-0.39, 0.29) is 0 Å². The van der Waals surface area contributed by atoms with E-state index in [1.807, 2.05) is 0 Å². The van der Waals surface area contributed by atoms with Gasteiger partial charge in [0.05, 0.1) is 6.10 Å². The van der Waals surface area contributed by atoms with E-state index in [0.29, 0.717) is 11.5 Å². The standard InChI is InChI=1S/C10H15BrO/c11-8-7-3-1-6-12-9(7)10(8)4-2-5-10/h7-9H,1-6H2/t7-,8+,9-/m0/s1. The van der Waals surface area contributed by atoms with E-state index in [0.717, 1.165) is 17.4 Å². The molecular weight excluding hydrogens is 216 g/mol. The molecule has 1 nitrogen and oxygen atoms in total. The number of halogens is 1. The third kappa shape index (κ3) is 0.741. The van der Waals surface area contributed by atoms with Gasteiger partial charge in [-0.2, -0.15) is 0 Å². The molecule has 3 rings (SSSR count). The van der Waals surface area contributed by atoms with Crippen LogP contribution in [-0.2, 0) is 4.74 Å². The van der Waals surface area contributed by atoms with Gasteiger partial charge in [0.1, 0.15) is 0 Å². The summed E-state index contributed by atoms with van der Waals surface area (Å²) < 4.78 is 5.88. The summed E-state index contributed by atoms with van der Waals surface area (Å²) in [6.45, 7) is 1.02. The molecule has 1 aliphatic heterocycles. The van der Waals surface area contributed by atoms with E-state index >= 15 is 0 Å². The van der Waals surface area contributed by atoms with Gasteiger partial charge in [0, 0.05) is 16.8 Å². The van der Waals surface area contributed by atoms with Crippen molar-refractivity contribution in [3.8, 4) is 0 Å². The minimum atomic E-state index is 0.588. The summed E-state index contributed by atoms with van der Waals surface area (Å²) in [7, 11) is 0. The maximum Gasteiger partial charge on any atom is 0.0681 e. The molecule has 0 radical (unpaired) electrons. The molecule has 3 atom stereocenters. The van der Waals surface area contributed by atoms with Crippen LogP contribution in [0, 0.1) is 11.3 Å². The molecule has 2 aliphatic carbocycles. The number of rotatable bonds is 0. The topological polar surface area (TPSA) is 9.23 Å². The van der Waals surface area contributed by atoms with E-state index in [2.05, 4.69) is 15.9 Å². The van der Waals surface area contributed by atoms with Crippen molar-refractivity contribution in [2.24, 2.45) is 11.3 Å². The van der Waals surface area contributed by atoms with Crippen molar-refractivity contribution < 1.29 is 4.74 Å². The molecule has 2 saturated carbocycles. The number of alkyl halides is 1. The molecule has 3 fully saturated rings. The Morgan fingerprint density at radius 3 is 2.75 bits per heavy atom. The van der Waals surface area contributed by atoms with Crippen LogP contribution in [0.4, 0.5) is 0 Å². The van der Waals surface area contributed by atoms with Crippen LogP contribution in [0.15, 0.2) is 0 Å². The molecule has 12 heavy (non-hydrogen) atoms. The van der Waals surface area contributed by atoms with Gasteiger partial charge >= 0.3 is 0 Å². The van der Waals surface area contributed by atoms with Gasteiger partial charge in [0.25, 0.3) is 0 Å². The lowest BCUT2D eigenvalue weighted by Gasteiger charge is -2.65. The zero-order valence-electron chi connectivity index (χ0n) is 7.26. The summed E-state index contributed by atoms with van der Waals surface area (Å²) in [6, 6.07) is 0. The van der Waals surface area contributed by atoms with Crippen LogP contribution < -0.4 is 0 Å². The lowest BCUT2D eigenvalue weighted by atomic mass is 9.48. The Labute approximate surface area is 82.0 Å². The van der Waals surface area contributed by atoms with Crippen molar-refractivity contribution in [3.63, 3.8) is 0 Å². The molecule has 1 spiro atoms. The van der Waals surface area contributed by atoms with Gasteiger partial charge in [0.15, 0.2) is 0 Å². The highest BCUT2D eigenvalue weighted by atomic mass is 79.9. The Morgan fingerprint density at radius 2 is 2.08 bits per heavy atom. The van der Waals surface area contributed by atoms with E-state index in [9.17, 15) is 0 Å². The van der Waals surface area contributed by atoms with Crippen LogP contribution >= 0.6 is 15.9 Å². The summed E-state index contributed by atoms with van der Waals surface area (Å²) in [5, 5.41) is 0. The largest absolute Gasteiger partial charge is 0.377 e. The third-order valence-electron chi connectivity index (χ3n) is 4.14. The predicted molar refractivity (Wildman–Crippen MR) is 51.5 cm³/mol. The molecule has 68 valence electrons. The van der Waals surface area contributed by atoms with Crippen LogP contribution in [-0.4, -0.2) is 17.5 Å². The predicted octanol–water partition coefficient (Wildman–Crippen LogP) is 2.73. The van der Waals surface area contributed by atoms with Crippen molar-refractivity contribution in [1.82, 2.24) is 0 Å². The molecule has 2 heteroatoms. The van der Waals surface area contributed by atoms with E-state index in [1.54, 1.807) is 0 Å². The van der Waals surface area contributed by atoms with Crippen LogP contribution in [0.3, 0.4) is 0 Å². The number of hydrogen-bond donors (Lipinski definition) is 0. The van der Waals surface area contributed by atoms with Crippen LogP contribution in [0.1, 0.15) is 32.1 Å². The van der Waals surface area contributed by atoms with Crippen molar-refractivity contribution in [1.29, 1.82) is 0 Å². The highest BCUT2D eigenvalue weighted by molar-refractivity contribution is 9.09. The highest BCUT2D eigenvalue weighted by Crippen LogP contribution is 2.64. The molecule has 0 bridgehead atoms. The second-order valence-electron chi connectivity index (χ2n) is 4.59. The lowest BCUT2D eigenvalue weighted by molar-refractivity contribution is -0.206. The van der Waals surface area contributed by atoms with Crippen molar-refractivity contribution in [2.45, 2.75) is 43.0 Å². The molecule has 3 aliphatic rings. The quantitative estimate of drug-likeness (QED) is 0.582. The summed E-state index contributed by atoms with van der Waals surface area (Å²) >= 11 is 3.86. The summed E-state index contributed by atoms with van der Waals surface area (Å²) in [5.41, 5.74) is 0.588. The lowest BCUT2D eigenvalue weighted by Crippen LogP contribution is -2.67. The summed E-state index contributed by atoms with van der Waals surface area (Å²) in [4.78, 5) is 0.782. The van der Waals surface area contributed by atoms with E-state index in [4.69, 9.17) is 4.74 Å².